The summed E-state index contributed by atoms with van der Waals surface area (Å²) in [6, 6.07) is 11.2. The van der Waals surface area contributed by atoms with Gasteiger partial charge in [-0.25, -0.2) is 13.1 Å². The van der Waals surface area contributed by atoms with Gasteiger partial charge in [0.25, 0.3) is 0 Å². The normalized spacial score (nSPS) is 15.7. The second-order valence-corrected chi connectivity index (χ2v) is 7.88. The van der Waals surface area contributed by atoms with E-state index in [-0.39, 0.29) is 47.4 Å². The summed E-state index contributed by atoms with van der Waals surface area (Å²) in [5.74, 6) is -0.715. The zero-order valence-corrected chi connectivity index (χ0v) is 17.6. The topological polar surface area (TPSA) is 95.5 Å². The van der Waals surface area contributed by atoms with Gasteiger partial charge >= 0.3 is 29.6 Å². The predicted molar refractivity (Wildman–Crippen MR) is 89.9 cm³/mol. The van der Waals surface area contributed by atoms with Gasteiger partial charge in [-0.15, -0.1) is 0 Å². The molecule has 0 spiro atoms. The molecule has 1 aliphatic rings. The monoisotopic (exact) mass is 403 g/mol. The first-order chi connectivity index (χ1) is 11.8. The van der Waals surface area contributed by atoms with Crippen molar-refractivity contribution in [3.63, 3.8) is 0 Å². The number of aliphatic carboxylic acids is 1. The first kappa shape index (κ1) is 21.2. The molecular formula is C17H15ClNNaO5S. The molecule has 26 heavy (non-hydrogen) atoms. The van der Waals surface area contributed by atoms with Gasteiger partial charge in [-0.3, -0.25) is 0 Å². The Balaban J connectivity index is 0.00000243. The van der Waals surface area contributed by atoms with Crippen molar-refractivity contribution in [2.24, 2.45) is 0 Å². The molecule has 1 aliphatic heterocycles. The van der Waals surface area contributed by atoms with Gasteiger partial charge in [0.1, 0.15) is 11.9 Å². The molecule has 0 bridgehead atoms. The van der Waals surface area contributed by atoms with Crippen molar-refractivity contribution in [3.05, 3.63) is 58.6 Å². The first-order valence-corrected chi connectivity index (χ1v) is 9.46. The number of benzene rings is 2. The molecule has 2 aromatic carbocycles. The quantitative estimate of drug-likeness (QED) is 0.558. The number of nitrogens with one attached hydrogen (secondary N) is 1. The minimum Gasteiger partial charge on any atom is -0.546 e. The molecule has 0 saturated heterocycles. The molecule has 1 unspecified atom stereocenters. The summed E-state index contributed by atoms with van der Waals surface area (Å²) in [6.45, 7) is 0.217. The molecule has 9 heteroatoms. The van der Waals surface area contributed by atoms with Crippen LogP contribution in [-0.4, -0.2) is 27.0 Å². The van der Waals surface area contributed by atoms with Crippen molar-refractivity contribution in [1.29, 1.82) is 0 Å². The molecule has 1 atom stereocenters. The van der Waals surface area contributed by atoms with Crippen LogP contribution in [-0.2, 0) is 27.7 Å². The van der Waals surface area contributed by atoms with Crippen LogP contribution in [0.25, 0.3) is 0 Å². The molecule has 0 amide bonds. The van der Waals surface area contributed by atoms with Gasteiger partial charge in [0.15, 0.2) is 0 Å². The van der Waals surface area contributed by atoms with E-state index in [4.69, 9.17) is 16.3 Å². The van der Waals surface area contributed by atoms with Crippen molar-refractivity contribution >= 4 is 27.6 Å². The number of rotatable bonds is 6. The third kappa shape index (κ3) is 5.00. The zero-order chi connectivity index (χ0) is 18.0. The average Bonchev–Trinajstić information content (AvgIpc) is 2.99. The SMILES string of the molecule is O=C([O-])C1Cc2cc(CCNS(=O)(=O)c3ccc(Cl)cc3)ccc2O1.[Na+]. The van der Waals surface area contributed by atoms with E-state index < -0.39 is 22.1 Å². The molecule has 132 valence electrons. The average molecular weight is 404 g/mol. The number of carboxylic acid groups (broad SMARTS) is 1. The van der Waals surface area contributed by atoms with E-state index >= 15 is 0 Å². The molecule has 0 radical (unpaired) electrons. The van der Waals surface area contributed by atoms with Gasteiger partial charge in [0.05, 0.1) is 10.9 Å². The third-order valence-corrected chi connectivity index (χ3v) is 5.62. The smallest absolute Gasteiger partial charge is 0.546 e. The Morgan fingerprint density at radius 1 is 1.23 bits per heavy atom. The second-order valence-electron chi connectivity index (χ2n) is 5.67. The van der Waals surface area contributed by atoms with Crippen LogP contribution in [0, 0.1) is 0 Å². The minimum absolute atomic E-state index is 0. The Kier molecular flexibility index (Phi) is 7.12. The molecule has 2 aromatic rings. The number of fused-ring (bicyclic) bond motifs is 1. The van der Waals surface area contributed by atoms with Crippen LogP contribution in [0.15, 0.2) is 47.4 Å². The number of halogens is 1. The summed E-state index contributed by atoms with van der Waals surface area (Å²) in [4.78, 5) is 11.0. The predicted octanol–water partition coefficient (Wildman–Crippen LogP) is -2.08. The number of sulfonamides is 1. The van der Waals surface area contributed by atoms with E-state index in [0.29, 0.717) is 17.2 Å². The van der Waals surface area contributed by atoms with Crippen LogP contribution in [0.3, 0.4) is 0 Å². The number of hydrogen-bond acceptors (Lipinski definition) is 5. The Morgan fingerprint density at radius 3 is 2.58 bits per heavy atom. The van der Waals surface area contributed by atoms with Gasteiger partial charge in [-0.2, -0.15) is 0 Å². The number of carbonyl (C=O) groups is 1. The van der Waals surface area contributed by atoms with E-state index in [0.717, 1.165) is 11.1 Å². The van der Waals surface area contributed by atoms with Crippen LogP contribution >= 0.6 is 11.6 Å². The molecule has 3 rings (SSSR count). The van der Waals surface area contributed by atoms with E-state index in [2.05, 4.69) is 4.72 Å². The summed E-state index contributed by atoms with van der Waals surface area (Å²) in [5, 5.41) is 11.3. The van der Waals surface area contributed by atoms with E-state index in [9.17, 15) is 18.3 Å². The Hall–Kier alpha value is -1.09. The largest absolute Gasteiger partial charge is 1.00 e. The Labute approximate surface area is 178 Å². The maximum absolute atomic E-state index is 12.2. The maximum Gasteiger partial charge on any atom is 1.00 e. The van der Waals surface area contributed by atoms with Crippen LogP contribution < -0.4 is 44.1 Å². The van der Waals surface area contributed by atoms with Crippen LogP contribution in [0.1, 0.15) is 11.1 Å². The standard InChI is InChI=1S/C17H16ClNO5S.Na/c18-13-2-4-14(5-3-13)25(22,23)19-8-7-11-1-6-15-12(9-11)10-16(24-15)17(20)21;/h1-6,9,16,19H,7-8,10H2,(H,20,21);/q;+1/p-1. The summed E-state index contributed by atoms with van der Waals surface area (Å²) in [7, 11) is -3.60. The fourth-order valence-electron chi connectivity index (χ4n) is 2.62. The molecule has 0 fully saturated rings. The van der Waals surface area contributed by atoms with Crippen molar-refractivity contribution in [2.75, 3.05) is 6.54 Å². The van der Waals surface area contributed by atoms with Gasteiger partial charge < -0.3 is 14.6 Å². The summed E-state index contributed by atoms with van der Waals surface area (Å²) < 4.78 is 32.2. The zero-order valence-electron chi connectivity index (χ0n) is 14.1. The van der Waals surface area contributed by atoms with E-state index in [1.807, 2.05) is 6.07 Å². The van der Waals surface area contributed by atoms with Gasteiger partial charge in [-0.05, 0) is 47.9 Å². The van der Waals surface area contributed by atoms with E-state index in [1.54, 1.807) is 12.1 Å². The molecule has 0 aromatic heterocycles. The van der Waals surface area contributed by atoms with Crippen molar-refractivity contribution in [3.8, 4) is 5.75 Å². The molecule has 0 aliphatic carbocycles. The van der Waals surface area contributed by atoms with Crippen molar-refractivity contribution < 1.29 is 52.6 Å². The number of hydrogen-bond donors (Lipinski definition) is 1. The number of carbonyl (C=O) groups excluding carboxylic acids is 1. The molecule has 1 heterocycles. The third-order valence-electron chi connectivity index (χ3n) is 3.89. The van der Waals surface area contributed by atoms with Gasteiger partial charge in [-0.1, -0.05) is 23.7 Å². The summed E-state index contributed by atoms with van der Waals surface area (Å²) in [5.41, 5.74) is 1.67. The van der Waals surface area contributed by atoms with Crippen molar-refractivity contribution in [1.82, 2.24) is 4.72 Å². The Morgan fingerprint density at radius 2 is 1.92 bits per heavy atom. The second kappa shape index (κ2) is 8.73. The first-order valence-electron chi connectivity index (χ1n) is 7.60. The Bertz CT molecular complexity index is 902. The number of carboxylic acids is 1. The summed E-state index contributed by atoms with van der Waals surface area (Å²) >= 11 is 5.76. The van der Waals surface area contributed by atoms with Crippen LogP contribution in [0.4, 0.5) is 0 Å². The van der Waals surface area contributed by atoms with Gasteiger partial charge in [0.2, 0.25) is 10.0 Å². The van der Waals surface area contributed by atoms with E-state index in [1.165, 1.54) is 24.3 Å². The maximum atomic E-state index is 12.2. The fraction of sp³-hybridized carbons (Fsp3) is 0.235. The molecule has 6 nitrogen and oxygen atoms in total. The van der Waals surface area contributed by atoms with Gasteiger partial charge in [0, 0.05) is 18.0 Å². The van der Waals surface area contributed by atoms with Crippen molar-refractivity contribution in [2.45, 2.75) is 23.8 Å². The number of ether oxygens (including phenoxy) is 1. The van der Waals surface area contributed by atoms with Crippen LogP contribution in [0.5, 0.6) is 5.75 Å². The van der Waals surface area contributed by atoms with Crippen LogP contribution in [0.2, 0.25) is 5.02 Å². The molecule has 1 N–H and O–H groups in total. The molecule has 0 saturated carbocycles. The molecular weight excluding hydrogens is 389 g/mol. The summed E-state index contributed by atoms with van der Waals surface area (Å²) in [6.07, 6.45) is -0.244. The minimum atomic E-state index is -3.60. The fourth-order valence-corrected chi connectivity index (χ4v) is 3.77.